The molecule has 0 aromatic heterocycles. The molecule has 2 atom stereocenters. The Kier molecular flexibility index (Phi) is 33.4. The molecule has 302 valence electrons. The van der Waals surface area contributed by atoms with E-state index in [0.29, 0.717) is 23.9 Å². The van der Waals surface area contributed by atoms with Gasteiger partial charge in [0.05, 0.1) is 27.7 Å². The Balaban J connectivity index is 4.47. The van der Waals surface area contributed by atoms with Crippen LogP contribution < -0.4 is 0 Å². The summed E-state index contributed by atoms with van der Waals surface area (Å²) >= 11 is 0. The molecule has 0 saturated heterocycles. The van der Waals surface area contributed by atoms with Crippen LogP contribution in [0.3, 0.4) is 0 Å². The van der Waals surface area contributed by atoms with Crippen molar-refractivity contribution >= 4 is 19.8 Å². The lowest BCUT2D eigenvalue weighted by atomic mass is 10.1. The van der Waals surface area contributed by atoms with Gasteiger partial charge in [-0.3, -0.25) is 18.6 Å². The molecule has 9 nitrogen and oxygen atoms in total. The lowest BCUT2D eigenvalue weighted by Gasteiger charge is -2.24. The number of rotatable bonds is 36. The summed E-state index contributed by atoms with van der Waals surface area (Å²) in [6.07, 6.45) is 38.7. The molecule has 0 rings (SSSR count). The summed E-state index contributed by atoms with van der Waals surface area (Å²) in [7, 11) is 1.45. The van der Waals surface area contributed by atoms with Crippen molar-refractivity contribution in [3.05, 3.63) is 48.6 Å². The van der Waals surface area contributed by atoms with Gasteiger partial charge in [0.1, 0.15) is 19.8 Å². The quantitative estimate of drug-likeness (QED) is 0.0221. The zero-order chi connectivity index (χ0) is 38.6. The number of nitrogens with zero attached hydrogens (tertiary/aromatic N) is 1. The molecule has 0 amide bonds. The average molecular weight is 755 g/mol. The summed E-state index contributed by atoms with van der Waals surface area (Å²) in [4.78, 5) is 35.2. The van der Waals surface area contributed by atoms with Crippen molar-refractivity contribution in [2.24, 2.45) is 0 Å². The third kappa shape index (κ3) is 37.7. The molecule has 0 bridgehead atoms. The van der Waals surface area contributed by atoms with E-state index in [4.69, 9.17) is 18.5 Å². The maximum Gasteiger partial charge on any atom is 0.472 e. The van der Waals surface area contributed by atoms with Crippen LogP contribution in [0.2, 0.25) is 0 Å². The van der Waals surface area contributed by atoms with Crippen LogP contribution in [-0.4, -0.2) is 74.9 Å². The minimum absolute atomic E-state index is 0.0243. The van der Waals surface area contributed by atoms with E-state index in [1.54, 1.807) is 0 Å². The van der Waals surface area contributed by atoms with Crippen molar-refractivity contribution < 1.29 is 42.1 Å². The van der Waals surface area contributed by atoms with Crippen molar-refractivity contribution in [3.63, 3.8) is 0 Å². The smallest absolute Gasteiger partial charge is 0.462 e. The van der Waals surface area contributed by atoms with Gasteiger partial charge in [0, 0.05) is 12.8 Å². The summed E-state index contributed by atoms with van der Waals surface area (Å²) in [6.45, 7) is 4.24. The highest BCUT2D eigenvalue weighted by molar-refractivity contribution is 7.47. The van der Waals surface area contributed by atoms with Gasteiger partial charge < -0.3 is 18.9 Å². The predicted molar refractivity (Wildman–Crippen MR) is 215 cm³/mol. The Bertz CT molecular complexity index is 1030. The van der Waals surface area contributed by atoms with Gasteiger partial charge in [-0.25, -0.2) is 4.57 Å². The Morgan fingerprint density at radius 1 is 0.615 bits per heavy atom. The van der Waals surface area contributed by atoms with Crippen LogP contribution in [0.1, 0.15) is 155 Å². The Labute approximate surface area is 318 Å². The molecule has 1 unspecified atom stereocenters. The molecule has 52 heavy (non-hydrogen) atoms. The number of hydrogen-bond donors (Lipinski definition) is 1. The second kappa shape index (κ2) is 34.7. The highest BCUT2D eigenvalue weighted by Gasteiger charge is 2.27. The van der Waals surface area contributed by atoms with E-state index < -0.39 is 32.5 Å². The third-order valence-electron chi connectivity index (χ3n) is 8.34. The number of carbonyl (C=O) groups is 2. The molecule has 1 N–H and O–H groups in total. The fourth-order valence-corrected chi connectivity index (χ4v) is 5.88. The van der Waals surface area contributed by atoms with Gasteiger partial charge in [-0.15, -0.1) is 0 Å². The number of ether oxygens (including phenoxy) is 2. The molecule has 0 radical (unpaired) electrons. The van der Waals surface area contributed by atoms with Gasteiger partial charge in [0.2, 0.25) is 0 Å². The highest BCUT2D eigenvalue weighted by Crippen LogP contribution is 2.43. The van der Waals surface area contributed by atoms with Gasteiger partial charge in [0.25, 0.3) is 0 Å². The van der Waals surface area contributed by atoms with Crippen LogP contribution in [0, 0.1) is 0 Å². The first-order valence-electron chi connectivity index (χ1n) is 20.4. The maximum atomic E-state index is 12.6. The lowest BCUT2D eigenvalue weighted by Crippen LogP contribution is -2.37. The van der Waals surface area contributed by atoms with Crippen LogP contribution in [0.25, 0.3) is 0 Å². The van der Waals surface area contributed by atoms with Gasteiger partial charge in [-0.05, 0) is 70.6 Å². The monoisotopic (exact) mass is 755 g/mol. The van der Waals surface area contributed by atoms with Gasteiger partial charge >= 0.3 is 19.8 Å². The SMILES string of the molecule is CC/C=C/C/C=C/C/C=C/CCCCCCCC(=O)O[C@H](COC(=O)CCCCC/C=C/CCCCCCCC)COP(=O)(O)OCC[N+](C)(C)C. The van der Waals surface area contributed by atoms with Crippen LogP contribution in [0.5, 0.6) is 0 Å². The number of unbranched alkanes of at least 4 members (excludes halogenated alkanes) is 14. The van der Waals surface area contributed by atoms with Gasteiger partial charge in [-0.2, -0.15) is 0 Å². The summed E-state index contributed by atoms with van der Waals surface area (Å²) in [6, 6.07) is 0. The predicted octanol–water partition coefficient (Wildman–Crippen LogP) is 11.1. The number of esters is 2. The van der Waals surface area contributed by atoms with Crippen molar-refractivity contribution in [1.29, 1.82) is 0 Å². The number of carbonyl (C=O) groups excluding carboxylic acids is 2. The number of hydrogen-bond acceptors (Lipinski definition) is 7. The Morgan fingerprint density at radius 3 is 1.67 bits per heavy atom. The van der Waals surface area contributed by atoms with Crippen molar-refractivity contribution in [2.45, 2.75) is 161 Å². The number of phosphoric ester groups is 1. The minimum atomic E-state index is -4.38. The minimum Gasteiger partial charge on any atom is -0.462 e. The molecule has 0 aromatic rings. The second-order valence-electron chi connectivity index (χ2n) is 14.6. The summed E-state index contributed by atoms with van der Waals surface area (Å²) in [5.74, 6) is -0.841. The molecule has 0 saturated carbocycles. The molecule has 0 aromatic carbocycles. The van der Waals surface area contributed by atoms with Crippen molar-refractivity contribution in [1.82, 2.24) is 0 Å². The summed E-state index contributed by atoms with van der Waals surface area (Å²) in [5.41, 5.74) is 0. The standard InChI is InChI=1S/C42H76NO8P/c1-6-8-10-12-14-16-18-20-21-23-25-27-29-31-33-35-42(45)51-40(39-50-52(46,47)49-37-36-43(3,4)5)38-48-41(44)34-32-30-28-26-24-22-19-17-15-13-11-9-7-2/h8,10,14,16,20-22,24,40H,6-7,9,11-13,15,17-19,23,25-39H2,1-5H3/p+1/b10-8+,16-14+,21-20+,24-22+/t40-/m1/s1. The lowest BCUT2D eigenvalue weighted by molar-refractivity contribution is -0.870. The Hall–Kier alpha value is -2.03. The van der Waals surface area contributed by atoms with Crippen LogP contribution >= 0.6 is 7.82 Å². The first kappa shape index (κ1) is 50.0. The van der Waals surface area contributed by atoms with E-state index in [1.165, 1.54) is 38.5 Å². The first-order chi connectivity index (χ1) is 25.0. The molecule has 0 aliphatic carbocycles. The van der Waals surface area contributed by atoms with E-state index in [0.717, 1.165) is 77.0 Å². The maximum absolute atomic E-state index is 12.6. The number of allylic oxidation sites excluding steroid dienone is 8. The van der Waals surface area contributed by atoms with Crippen LogP contribution in [0.15, 0.2) is 48.6 Å². The fraction of sp³-hybridized carbons (Fsp3) is 0.762. The summed E-state index contributed by atoms with van der Waals surface area (Å²) in [5, 5.41) is 0. The van der Waals surface area contributed by atoms with E-state index in [2.05, 4.69) is 62.5 Å². The molecule has 0 heterocycles. The van der Waals surface area contributed by atoms with Gasteiger partial charge in [0.15, 0.2) is 6.10 Å². The van der Waals surface area contributed by atoms with Crippen molar-refractivity contribution in [3.8, 4) is 0 Å². The normalized spacial score (nSPS) is 14.2. The molecular formula is C42H77NO8P+. The first-order valence-corrected chi connectivity index (χ1v) is 21.9. The van der Waals surface area contributed by atoms with E-state index >= 15 is 0 Å². The van der Waals surface area contributed by atoms with Crippen molar-refractivity contribution in [2.75, 3.05) is 47.5 Å². The molecule has 0 aliphatic heterocycles. The zero-order valence-corrected chi connectivity index (χ0v) is 34.7. The van der Waals surface area contributed by atoms with Crippen LogP contribution in [0.4, 0.5) is 0 Å². The second-order valence-corrected chi connectivity index (χ2v) is 16.1. The number of quaternary nitrogens is 1. The molecule has 10 heteroatoms. The number of likely N-dealkylation sites (N-methyl/N-ethyl adjacent to an activating group) is 1. The molecule has 0 fully saturated rings. The molecule has 0 aliphatic rings. The topological polar surface area (TPSA) is 108 Å². The van der Waals surface area contributed by atoms with E-state index in [1.807, 2.05) is 21.1 Å². The average Bonchev–Trinajstić information content (AvgIpc) is 3.09. The van der Waals surface area contributed by atoms with Crippen LogP contribution in [-0.2, 0) is 32.7 Å². The van der Waals surface area contributed by atoms with Gasteiger partial charge in [-0.1, -0.05) is 120 Å². The zero-order valence-electron chi connectivity index (χ0n) is 33.8. The molecule has 0 spiro atoms. The molecular weight excluding hydrogens is 677 g/mol. The largest absolute Gasteiger partial charge is 0.472 e. The third-order valence-corrected chi connectivity index (χ3v) is 9.33. The van der Waals surface area contributed by atoms with E-state index in [-0.39, 0.29) is 26.1 Å². The summed E-state index contributed by atoms with van der Waals surface area (Å²) < 4.78 is 34.2. The highest BCUT2D eigenvalue weighted by atomic mass is 31.2. The van der Waals surface area contributed by atoms with E-state index in [9.17, 15) is 19.0 Å². The Morgan fingerprint density at radius 2 is 1.10 bits per heavy atom. The number of phosphoric acid groups is 1. The fourth-order valence-electron chi connectivity index (χ4n) is 5.14.